The van der Waals surface area contributed by atoms with Gasteiger partial charge in [0.2, 0.25) is 0 Å². The van der Waals surface area contributed by atoms with Crippen molar-refractivity contribution >= 4 is 23.3 Å². The van der Waals surface area contributed by atoms with E-state index in [0.29, 0.717) is 15.8 Å². The van der Waals surface area contributed by atoms with Gasteiger partial charge in [-0.2, -0.15) is 0 Å². The highest BCUT2D eigenvalue weighted by Crippen LogP contribution is 2.31. The molecular weight excluding hydrogens is 278 g/mol. The number of hydrogen-bond donors (Lipinski definition) is 1. The van der Waals surface area contributed by atoms with Crippen LogP contribution in [0.3, 0.4) is 0 Å². The summed E-state index contributed by atoms with van der Waals surface area (Å²) in [6, 6.07) is 2.88. The van der Waals surface area contributed by atoms with Crippen LogP contribution in [-0.4, -0.2) is 9.55 Å². The van der Waals surface area contributed by atoms with E-state index in [1.165, 1.54) is 19.3 Å². The molecule has 1 saturated carbocycles. The monoisotopic (exact) mass is 296 g/mol. The molecular formula is C15H18F2N2S. The van der Waals surface area contributed by atoms with E-state index in [4.69, 9.17) is 12.2 Å². The van der Waals surface area contributed by atoms with Crippen molar-refractivity contribution in [2.45, 2.75) is 51.0 Å². The number of hydrogen-bond acceptors (Lipinski definition) is 1. The van der Waals surface area contributed by atoms with Crippen LogP contribution in [0.4, 0.5) is 8.78 Å². The Morgan fingerprint density at radius 1 is 1.05 bits per heavy atom. The van der Waals surface area contributed by atoms with Gasteiger partial charge in [-0.1, -0.05) is 32.1 Å². The summed E-state index contributed by atoms with van der Waals surface area (Å²) in [5, 5.41) is 0. The summed E-state index contributed by atoms with van der Waals surface area (Å²) in [5.74, 6) is -1.61. The van der Waals surface area contributed by atoms with Crippen LogP contribution in [0, 0.1) is 16.4 Å². The van der Waals surface area contributed by atoms with Gasteiger partial charge in [-0.05, 0) is 37.2 Å². The smallest absolute Gasteiger partial charge is 0.184 e. The predicted molar refractivity (Wildman–Crippen MR) is 78.4 cm³/mol. The minimum Gasteiger partial charge on any atom is -0.330 e. The molecule has 0 atom stereocenters. The number of nitrogens with one attached hydrogen (secondary N) is 1. The molecule has 108 valence electrons. The summed E-state index contributed by atoms with van der Waals surface area (Å²) in [6.45, 7) is 0. The lowest BCUT2D eigenvalue weighted by molar-refractivity contribution is 0.372. The largest absolute Gasteiger partial charge is 0.330 e. The molecule has 1 fully saturated rings. The van der Waals surface area contributed by atoms with Crippen LogP contribution in [0.25, 0.3) is 11.0 Å². The number of aromatic amines is 1. The van der Waals surface area contributed by atoms with Crippen molar-refractivity contribution in [1.82, 2.24) is 9.55 Å². The first kappa shape index (κ1) is 13.7. The molecule has 1 aromatic carbocycles. The first-order chi connectivity index (χ1) is 9.68. The second-order valence-electron chi connectivity index (χ2n) is 5.56. The molecule has 0 spiro atoms. The van der Waals surface area contributed by atoms with Gasteiger partial charge in [0.1, 0.15) is 5.52 Å². The number of imidazole rings is 1. The molecule has 2 aromatic rings. The maximum atomic E-state index is 14.1. The normalized spacial score (nSPS) is 18.1. The van der Waals surface area contributed by atoms with E-state index < -0.39 is 11.6 Å². The molecule has 5 heteroatoms. The zero-order valence-electron chi connectivity index (χ0n) is 11.3. The van der Waals surface area contributed by atoms with Gasteiger partial charge in [-0.15, -0.1) is 0 Å². The number of benzene rings is 1. The van der Waals surface area contributed by atoms with Crippen molar-refractivity contribution in [3.05, 3.63) is 28.5 Å². The summed E-state index contributed by atoms with van der Waals surface area (Å²) in [6.07, 6.45) is 7.90. The van der Waals surface area contributed by atoms with Crippen LogP contribution in [0.15, 0.2) is 12.1 Å². The van der Waals surface area contributed by atoms with Crippen LogP contribution in [0.5, 0.6) is 0 Å². The second-order valence-corrected chi connectivity index (χ2v) is 5.94. The number of aromatic nitrogens is 2. The number of fused-ring (bicyclic) bond motifs is 1. The van der Waals surface area contributed by atoms with Crippen LogP contribution in [0.1, 0.15) is 51.0 Å². The highest BCUT2D eigenvalue weighted by Gasteiger charge is 2.20. The van der Waals surface area contributed by atoms with E-state index in [0.717, 1.165) is 31.7 Å². The SMILES string of the molecule is Fc1ccc2[nH]c(=S)n(C3CCCCCCC3)c2c1F. The molecule has 0 bridgehead atoms. The summed E-state index contributed by atoms with van der Waals surface area (Å²) < 4.78 is 30.0. The van der Waals surface area contributed by atoms with Crippen LogP contribution in [0.2, 0.25) is 0 Å². The number of halogens is 2. The average Bonchev–Trinajstić information content (AvgIpc) is 2.71. The van der Waals surface area contributed by atoms with Crippen molar-refractivity contribution in [2.24, 2.45) is 0 Å². The minimum atomic E-state index is -0.814. The minimum absolute atomic E-state index is 0.174. The fourth-order valence-electron chi connectivity index (χ4n) is 3.19. The van der Waals surface area contributed by atoms with E-state index in [1.807, 2.05) is 0 Å². The van der Waals surface area contributed by atoms with Gasteiger partial charge in [0.25, 0.3) is 0 Å². The molecule has 3 rings (SSSR count). The van der Waals surface area contributed by atoms with Crippen LogP contribution >= 0.6 is 12.2 Å². The molecule has 0 aliphatic heterocycles. The van der Waals surface area contributed by atoms with Crippen molar-refractivity contribution < 1.29 is 8.78 Å². The van der Waals surface area contributed by atoms with Gasteiger partial charge in [-0.25, -0.2) is 8.78 Å². The van der Waals surface area contributed by atoms with Gasteiger partial charge >= 0.3 is 0 Å². The zero-order valence-corrected chi connectivity index (χ0v) is 12.1. The van der Waals surface area contributed by atoms with Crippen molar-refractivity contribution in [2.75, 3.05) is 0 Å². The Morgan fingerprint density at radius 2 is 1.70 bits per heavy atom. The average molecular weight is 296 g/mol. The predicted octanol–water partition coefficient (Wildman–Crippen LogP) is 5.26. The lowest BCUT2D eigenvalue weighted by Crippen LogP contribution is -2.12. The van der Waals surface area contributed by atoms with Gasteiger partial charge in [0, 0.05) is 6.04 Å². The van der Waals surface area contributed by atoms with Crippen molar-refractivity contribution in [3.63, 3.8) is 0 Å². The Labute approximate surface area is 121 Å². The summed E-state index contributed by atoms with van der Waals surface area (Å²) in [5.41, 5.74) is 0.872. The Morgan fingerprint density at radius 3 is 2.40 bits per heavy atom. The third kappa shape index (κ3) is 2.39. The zero-order chi connectivity index (χ0) is 14.1. The fourth-order valence-corrected chi connectivity index (χ4v) is 3.54. The molecule has 1 aliphatic carbocycles. The quantitative estimate of drug-likeness (QED) is 0.712. The van der Waals surface area contributed by atoms with E-state index in [-0.39, 0.29) is 6.04 Å². The highest BCUT2D eigenvalue weighted by molar-refractivity contribution is 7.71. The topological polar surface area (TPSA) is 20.7 Å². The van der Waals surface area contributed by atoms with E-state index >= 15 is 0 Å². The molecule has 1 heterocycles. The molecule has 2 nitrogen and oxygen atoms in total. The molecule has 20 heavy (non-hydrogen) atoms. The molecule has 1 N–H and O–H groups in total. The maximum absolute atomic E-state index is 14.1. The Kier molecular flexibility index (Phi) is 3.87. The highest BCUT2D eigenvalue weighted by atomic mass is 32.1. The fraction of sp³-hybridized carbons (Fsp3) is 0.533. The Bertz CT molecular complexity index is 666. The third-order valence-electron chi connectivity index (χ3n) is 4.21. The Hall–Kier alpha value is -1.23. The molecule has 0 saturated heterocycles. The third-order valence-corrected chi connectivity index (χ3v) is 4.51. The van der Waals surface area contributed by atoms with Crippen LogP contribution < -0.4 is 0 Å². The Balaban J connectivity index is 2.11. The summed E-state index contributed by atoms with van der Waals surface area (Å²) in [7, 11) is 0. The van der Waals surface area contributed by atoms with Gasteiger partial charge in [-0.3, -0.25) is 0 Å². The second kappa shape index (κ2) is 5.64. The first-order valence-electron chi connectivity index (χ1n) is 7.26. The van der Waals surface area contributed by atoms with Crippen molar-refractivity contribution in [3.8, 4) is 0 Å². The van der Waals surface area contributed by atoms with Gasteiger partial charge in [0.05, 0.1) is 5.52 Å². The van der Waals surface area contributed by atoms with E-state index in [9.17, 15) is 8.78 Å². The summed E-state index contributed by atoms with van der Waals surface area (Å²) >= 11 is 5.33. The lowest BCUT2D eigenvalue weighted by atomic mass is 9.96. The van der Waals surface area contributed by atoms with E-state index in [2.05, 4.69) is 4.98 Å². The lowest BCUT2D eigenvalue weighted by Gasteiger charge is -2.22. The maximum Gasteiger partial charge on any atom is 0.184 e. The first-order valence-corrected chi connectivity index (χ1v) is 7.67. The summed E-state index contributed by atoms with van der Waals surface area (Å²) in [4.78, 5) is 3.00. The van der Waals surface area contributed by atoms with Gasteiger partial charge in [0.15, 0.2) is 16.4 Å². The molecule has 1 aromatic heterocycles. The van der Waals surface area contributed by atoms with Gasteiger partial charge < -0.3 is 9.55 Å². The number of H-pyrrole nitrogens is 1. The molecule has 0 radical (unpaired) electrons. The van der Waals surface area contributed by atoms with E-state index in [1.54, 1.807) is 10.6 Å². The van der Waals surface area contributed by atoms with Crippen LogP contribution in [-0.2, 0) is 0 Å². The number of nitrogens with zero attached hydrogens (tertiary/aromatic N) is 1. The molecule has 1 aliphatic rings. The molecule has 0 amide bonds. The number of rotatable bonds is 1. The standard InChI is InChI=1S/C15H18F2N2S/c16-11-8-9-12-14(13(11)17)19(15(20)18-12)10-6-4-2-1-3-5-7-10/h8-10H,1-7H2,(H,18,20). The van der Waals surface area contributed by atoms with Crippen molar-refractivity contribution in [1.29, 1.82) is 0 Å². The molecule has 0 unspecified atom stereocenters.